The first kappa shape index (κ1) is 7.34. The highest BCUT2D eigenvalue weighted by atomic mass is 28.1. The summed E-state index contributed by atoms with van der Waals surface area (Å²) in [6.45, 7) is 0. The lowest BCUT2D eigenvalue weighted by atomic mass is 10.3. The molecule has 10 heavy (non-hydrogen) atoms. The summed E-state index contributed by atoms with van der Waals surface area (Å²) in [6.07, 6.45) is 0. The molecule has 0 heterocycles. The van der Waals surface area contributed by atoms with E-state index in [1.807, 2.05) is 0 Å². The smallest absolute Gasteiger partial charge is 0.194 e. The van der Waals surface area contributed by atoms with Gasteiger partial charge in [0.1, 0.15) is 0 Å². The van der Waals surface area contributed by atoms with E-state index < -0.39 is 17.5 Å². The highest BCUT2D eigenvalue weighted by molar-refractivity contribution is 6.32. The van der Waals surface area contributed by atoms with Crippen molar-refractivity contribution in [3.05, 3.63) is 29.6 Å². The molecule has 0 fully saturated rings. The minimum Gasteiger partial charge on any atom is -0.204 e. The fraction of sp³-hybridized carbons (Fsp3) is 0. The molecule has 4 heteroatoms. The molecule has 0 amide bonds. The van der Waals surface area contributed by atoms with Crippen molar-refractivity contribution in [2.24, 2.45) is 0 Å². The van der Waals surface area contributed by atoms with Gasteiger partial charge in [0.15, 0.2) is 17.5 Å². The van der Waals surface area contributed by atoms with Gasteiger partial charge in [-0.1, -0.05) is 5.19 Å². The van der Waals surface area contributed by atoms with Gasteiger partial charge in [0, 0.05) is 0 Å². The topological polar surface area (TPSA) is 0 Å². The van der Waals surface area contributed by atoms with Gasteiger partial charge in [0.2, 0.25) is 0 Å². The maximum absolute atomic E-state index is 12.2. The molecule has 0 nitrogen and oxygen atoms in total. The first-order valence-corrected chi connectivity index (χ1v) is 2.97. The number of halogens is 3. The van der Waals surface area contributed by atoms with E-state index in [0.717, 1.165) is 12.1 Å². The average Bonchev–Trinajstić information content (AvgIpc) is 1.82. The van der Waals surface area contributed by atoms with Gasteiger partial charge in [-0.15, -0.1) is 0 Å². The zero-order valence-electron chi connectivity index (χ0n) is 4.79. The van der Waals surface area contributed by atoms with E-state index in [4.69, 9.17) is 0 Å². The number of hydrogen-bond acceptors (Lipinski definition) is 0. The van der Waals surface area contributed by atoms with E-state index >= 15 is 0 Å². The Hall–Kier alpha value is -0.773. The number of benzene rings is 1. The average molecular weight is 159 g/mol. The van der Waals surface area contributed by atoms with Gasteiger partial charge in [-0.05, 0) is 12.1 Å². The molecule has 0 bridgehead atoms. The zero-order valence-corrected chi connectivity index (χ0v) is 5.79. The van der Waals surface area contributed by atoms with Crippen LogP contribution >= 0.6 is 0 Å². The highest BCUT2D eigenvalue weighted by Crippen LogP contribution is 2.06. The van der Waals surface area contributed by atoms with Gasteiger partial charge in [0.25, 0.3) is 0 Å². The van der Waals surface area contributed by atoms with Crippen LogP contribution in [0.3, 0.4) is 0 Å². The van der Waals surface area contributed by atoms with Gasteiger partial charge >= 0.3 is 0 Å². The van der Waals surface area contributed by atoms with Crippen molar-refractivity contribution in [2.75, 3.05) is 0 Å². The van der Waals surface area contributed by atoms with Crippen LogP contribution < -0.4 is 5.19 Å². The second-order valence-corrected chi connectivity index (χ2v) is 2.33. The summed E-state index contributed by atoms with van der Waals surface area (Å²) in [5.74, 6) is -3.82. The first-order valence-electron chi connectivity index (χ1n) is 2.47. The van der Waals surface area contributed by atoms with Crippen LogP contribution in [-0.2, 0) is 0 Å². The molecule has 0 aromatic heterocycles. The third kappa shape index (κ3) is 1.21. The Kier molecular flexibility index (Phi) is 1.80. The lowest BCUT2D eigenvalue weighted by Gasteiger charge is -1.95. The molecule has 0 saturated heterocycles. The molecule has 0 unspecified atom stereocenters. The lowest BCUT2D eigenvalue weighted by Crippen LogP contribution is -2.06. The Morgan fingerprint density at radius 3 is 1.80 bits per heavy atom. The number of rotatable bonds is 0. The van der Waals surface area contributed by atoms with Gasteiger partial charge in [-0.3, -0.25) is 0 Å². The van der Waals surface area contributed by atoms with Crippen molar-refractivity contribution in [3.8, 4) is 0 Å². The van der Waals surface area contributed by atoms with E-state index in [2.05, 4.69) is 10.2 Å². The highest BCUT2D eigenvalue weighted by Gasteiger charge is 2.07. The predicted octanol–water partition coefficient (Wildman–Crippen LogP) is 0.898. The molecular weight excluding hydrogens is 157 g/mol. The predicted molar refractivity (Wildman–Crippen MR) is 31.7 cm³/mol. The molecule has 0 N–H and O–H groups in total. The Labute approximate surface area is 59.1 Å². The van der Waals surface area contributed by atoms with Crippen LogP contribution in [0.4, 0.5) is 13.2 Å². The summed E-state index contributed by atoms with van der Waals surface area (Å²) >= 11 is 0. The quantitative estimate of drug-likeness (QED) is 0.389. The summed E-state index contributed by atoms with van der Waals surface area (Å²) in [5.41, 5.74) is 0. The molecule has 3 radical (unpaired) electrons. The van der Waals surface area contributed by atoms with Crippen molar-refractivity contribution in [1.82, 2.24) is 0 Å². The Balaban J connectivity index is 3.31. The molecule has 0 saturated carbocycles. The minimum absolute atomic E-state index is 0.177. The van der Waals surface area contributed by atoms with Crippen molar-refractivity contribution in [1.29, 1.82) is 0 Å². The molecule has 0 atom stereocenters. The van der Waals surface area contributed by atoms with Crippen molar-refractivity contribution < 1.29 is 13.2 Å². The SMILES string of the molecule is Fc1cc([Si])cc(F)c1F. The fourth-order valence-electron chi connectivity index (χ4n) is 0.556. The Bertz CT molecular complexity index is 236. The molecule has 51 valence electrons. The van der Waals surface area contributed by atoms with E-state index in [-0.39, 0.29) is 5.19 Å². The Morgan fingerprint density at radius 2 is 1.40 bits per heavy atom. The van der Waals surface area contributed by atoms with Crippen LogP contribution in [-0.4, -0.2) is 10.2 Å². The van der Waals surface area contributed by atoms with Crippen LogP contribution in [0, 0.1) is 17.5 Å². The van der Waals surface area contributed by atoms with E-state index in [9.17, 15) is 13.2 Å². The summed E-state index contributed by atoms with van der Waals surface area (Å²) in [6, 6.07) is 1.71. The summed E-state index contributed by atoms with van der Waals surface area (Å²) in [7, 11) is 2.85. The van der Waals surface area contributed by atoms with E-state index in [1.54, 1.807) is 0 Å². The molecule has 1 rings (SSSR count). The third-order valence-electron chi connectivity index (χ3n) is 0.984. The lowest BCUT2D eigenvalue weighted by molar-refractivity contribution is 0.448. The second-order valence-electron chi connectivity index (χ2n) is 1.75. The summed E-state index contributed by atoms with van der Waals surface area (Å²) < 4.78 is 36.5. The van der Waals surface area contributed by atoms with Gasteiger partial charge in [0.05, 0.1) is 10.2 Å². The van der Waals surface area contributed by atoms with Gasteiger partial charge in [-0.2, -0.15) is 0 Å². The van der Waals surface area contributed by atoms with Crippen molar-refractivity contribution in [3.63, 3.8) is 0 Å². The van der Waals surface area contributed by atoms with E-state index in [0.29, 0.717) is 0 Å². The first-order chi connectivity index (χ1) is 4.61. The normalized spacial score (nSPS) is 10.0. The monoisotopic (exact) mass is 159 g/mol. The maximum atomic E-state index is 12.2. The van der Waals surface area contributed by atoms with Crippen molar-refractivity contribution >= 4 is 15.4 Å². The van der Waals surface area contributed by atoms with Gasteiger partial charge in [-0.25, -0.2) is 13.2 Å². The molecule has 0 aliphatic rings. The van der Waals surface area contributed by atoms with Gasteiger partial charge < -0.3 is 0 Å². The van der Waals surface area contributed by atoms with Crippen LogP contribution in [0.25, 0.3) is 0 Å². The standard InChI is InChI=1S/C6H2F3Si/c7-4-1-3(10)2-5(8)6(4)9/h1-2H. The molecule has 1 aromatic carbocycles. The largest absolute Gasteiger partial charge is 0.204 e. The molecule has 0 aliphatic heterocycles. The molecule has 1 aromatic rings. The maximum Gasteiger partial charge on any atom is 0.194 e. The second kappa shape index (κ2) is 2.46. The zero-order chi connectivity index (χ0) is 7.72. The third-order valence-corrected chi connectivity index (χ3v) is 1.27. The minimum atomic E-state index is -1.44. The summed E-state index contributed by atoms with van der Waals surface area (Å²) in [5, 5.41) is 0.177. The molecular formula is C6H2F3Si. The van der Waals surface area contributed by atoms with E-state index in [1.165, 1.54) is 0 Å². The van der Waals surface area contributed by atoms with Crippen LogP contribution in [0.1, 0.15) is 0 Å². The Morgan fingerprint density at radius 1 is 1.00 bits per heavy atom. The van der Waals surface area contributed by atoms with Crippen molar-refractivity contribution in [2.45, 2.75) is 0 Å². The molecule has 0 aliphatic carbocycles. The summed E-state index contributed by atoms with van der Waals surface area (Å²) in [4.78, 5) is 0. The fourth-order valence-corrected chi connectivity index (χ4v) is 0.809. The van der Waals surface area contributed by atoms with Crippen LogP contribution in [0.2, 0.25) is 0 Å². The van der Waals surface area contributed by atoms with Crippen LogP contribution in [0.15, 0.2) is 12.1 Å². The number of hydrogen-bond donors (Lipinski definition) is 0. The molecule has 0 spiro atoms. The van der Waals surface area contributed by atoms with Crippen LogP contribution in [0.5, 0.6) is 0 Å².